The molecule has 3 N–H and O–H groups in total. The van der Waals surface area contributed by atoms with E-state index in [1.165, 1.54) is 0 Å². The Balaban J connectivity index is 0.00000289. The van der Waals surface area contributed by atoms with Crippen LogP contribution in [0.2, 0.25) is 0 Å². The van der Waals surface area contributed by atoms with Crippen molar-refractivity contribution in [2.24, 2.45) is 4.99 Å². The SMILES string of the molecule is CN=C(NCc1ccnc(N2CCOC(C)C2)c1)NCC1CC(=O)Nc2ccccc21.I. The van der Waals surface area contributed by atoms with Gasteiger partial charge in [0.15, 0.2) is 5.96 Å². The van der Waals surface area contributed by atoms with Gasteiger partial charge < -0.3 is 25.6 Å². The number of guanidine groups is 1. The number of anilines is 2. The van der Waals surface area contributed by atoms with Crippen molar-refractivity contribution in [1.29, 1.82) is 0 Å². The molecule has 0 saturated carbocycles. The molecule has 1 amide bonds. The predicted octanol–water partition coefficient (Wildman–Crippen LogP) is 2.72. The van der Waals surface area contributed by atoms with Crippen molar-refractivity contribution in [2.75, 3.05) is 43.5 Å². The zero-order valence-corrected chi connectivity index (χ0v) is 20.8. The summed E-state index contributed by atoms with van der Waals surface area (Å²) in [6.07, 6.45) is 2.53. The number of carbonyl (C=O) groups excluding carboxylic acids is 1. The summed E-state index contributed by atoms with van der Waals surface area (Å²) >= 11 is 0. The highest BCUT2D eigenvalue weighted by molar-refractivity contribution is 14.0. The van der Waals surface area contributed by atoms with E-state index in [4.69, 9.17) is 4.74 Å². The van der Waals surface area contributed by atoms with Gasteiger partial charge in [-0.15, -0.1) is 24.0 Å². The highest BCUT2D eigenvalue weighted by atomic mass is 127. The van der Waals surface area contributed by atoms with Crippen molar-refractivity contribution in [2.45, 2.75) is 31.9 Å². The fourth-order valence-electron chi connectivity index (χ4n) is 4.08. The average Bonchev–Trinajstić information content (AvgIpc) is 2.79. The maximum Gasteiger partial charge on any atom is 0.225 e. The molecule has 0 bridgehead atoms. The molecule has 0 spiro atoms. The van der Waals surface area contributed by atoms with Gasteiger partial charge in [0.25, 0.3) is 0 Å². The molecule has 1 fully saturated rings. The highest BCUT2D eigenvalue weighted by Crippen LogP contribution is 2.31. The first-order valence-corrected chi connectivity index (χ1v) is 10.8. The van der Waals surface area contributed by atoms with Gasteiger partial charge in [-0.2, -0.15) is 0 Å². The minimum absolute atomic E-state index is 0. The quantitative estimate of drug-likeness (QED) is 0.302. The second kappa shape index (κ2) is 11.5. The van der Waals surface area contributed by atoms with E-state index in [0.29, 0.717) is 25.5 Å². The first-order chi connectivity index (χ1) is 15.1. The van der Waals surface area contributed by atoms with E-state index < -0.39 is 0 Å². The number of aromatic nitrogens is 1. The van der Waals surface area contributed by atoms with Gasteiger partial charge in [-0.1, -0.05) is 18.2 Å². The first-order valence-electron chi connectivity index (χ1n) is 10.8. The number of carbonyl (C=O) groups is 1. The average molecular weight is 550 g/mol. The number of nitrogens with zero attached hydrogens (tertiary/aromatic N) is 3. The third-order valence-electron chi connectivity index (χ3n) is 5.68. The summed E-state index contributed by atoms with van der Waals surface area (Å²) in [6.45, 7) is 5.79. The zero-order valence-electron chi connectivity index (χ0n) is 18.5. The van der Waals surface area contributed by atoms with Crippen LogP contribution in [0.15, 0.2) is 47.6 Å². The summed E-state index contributed by atoms with van der Waals surface area (Å²) in [7, 11) is 1.75. The molecule has 32 heavy (non-hydrogen) atoms. The van der Waals surface area contributed by atoms with E-state index in [-0.39, 0.29) is 41.9 Å². The summed E-state index contributed by atoms with van der Waals surface area (Å²) in [5.74, 6) is 1.85. The first kappa shape index (κ1) is 24.2. The van der Waals surface area contributed by atoms with Gasteiger partial charge in [-0.25, -0.2) is 4.98 Å². The van der Waals surface area contributed by atoms with Gasteiger partial charge in [-0.05, 0) is 36.2 Å². The van der Waals surface area contributed by atoms with Crippen LogP contribution in [0.1, 0.15) is 30.4 Å². The molecule has 3 heterocycles. The second-order valence-corrected chi connectivity index (χ2v) is 7.99. The smallest absolute Gasteiger partial charge is 0.225 e. The third-order valence-corrected chi connectivity index (χ3v) is 5.68. The number of para-hydroxylation sites is 1. The van der Waals surface area contributed by atoms with Gasteiger partial charge in [0, 0.05) is 57.4 Å². The fraction of sp³-hybridized carbons (Fsp3) is 0.435. The predicted molar refractivity (Wildman–Crippen MR) is 138 cm³/mol. The zero-order chi connectivity index (χ0) is 21.6. The van der Waals surface area contributed by atoms with Gasteiger partial charge >= 0.3 is 0 Å². The van der Waals surface area contributed by atoms with E-state index in [2.05, 4.69) is 49.9 Å². The maximum absolute atomic E-state index is 12.0. The highest BCUT2D eigenvalue weighted by Gasteiger charge is 2.24. The summed E-state index contributed by atoms with van der Waals surface area (Å²) in [4.78, 5) is 23.2. The number of aliphatic imine (C=N–C) groups is 1. The van der Waals surface area contributed by atoms with Crippen LogP contribution in [0.25, 0.3) is 0 Å². The van der Waals surface area contributed by atoms with Crippen LogP contribution in [0, 0.1) is 0 Å². The molecule has 2 aromatic rings. The lowest BCUT2D eigenvalue weighted by atomic mass is 9.90. The third kappa shape index (κ3) is 6.10. The lowest BCUT2D eigenvalue weighted by molar-refractivity contribution is -0.116. The largest absolute Gasteiger partial charge is 0.375 e. The molecule has 9 heteroatoms. The molecule has 8 nitrogen and oxygen atoms in total. The van der Waals surface area contributed by atoms with E-state index >= 15 is 0 Å². The van der Waals surface area contributed by atoms with Crippen LogP contribution in [-0.2, 0) is 16.1 Å². The Labute approximate surface area is 206 Å². The Morgan fingerprint density at radius 2 is 2.16 bits per heavy atom. The molecule has 2 aliphatic heterocycles. The Morgan fingerprint density at radius 3 is 2.97 bits per heavy atom. The molecule has 0 aliphatic carbocycles. The minimum atomic E-state index is 0. The molecular formula is C23H31IN6O2. The Kier molecular flexibility index (Phi) is 8.68. The number of hydrogen-bond donors (Lipinski definition) is 3. The number of amides is 1. The number of fused-ring (bicyclic) bond motifs is 1. The van der Waals surface area contributed by atoms with Crippen LogP contribution in [0.5, 0.6) is 0 Å². The second-order valence-electron chi connectivity index (χ2n) is 7.99. The molecule has 1 saturated heterocycles. The standard InChI is InChI=1S/C23H30N6O2.HI/c1-16-15-29(9-10-31-16)21-11-17(7-8-25-21)13-26-23(24-2)27-14-18-12-22(30)28-20-6-4-3-5-19(18)20;/h3-8,11,16,18H,9-10,12-15H2,1-2H3,(H,28,30)(H2,24,26,27);1H. The monoisotopic (exact) mass is 550 g/mol. The van der Waals surface area contributed by atoms with Gasteiger partial charge in [-0.3, -0.25) is 9.79 Å². The fourth-order valence-corrected chi connectivity index (χ4v) is 4.08. The van der Waals surface area contributed by atoms with Crippen LogP contribution >= 0.6 is 24.0 Å². The van der Waals surface area contributed by atoms with Crippen molar-refractivity contribution in [1.82, 2.24) is 15.6 Å². The maximum atomic E-state index is 12.0. The van der Waals surface area contributed by atoms with E-state index in [1.807, 2.05) is 30.5 Å². The molecule has 0 radical (unpaired) electrons. The van der Waals surface area contributed by atoms with Crippen LogP contribution in [-0.4, -0.2) is 56.2 Å². The lowest BCUT2D eigenvalue weighted by Crippen LogP contribution is -2.41. The topological polar surface area (TPSA) is 90.9 Å². The van der Waals surface area contributed by atoms with Gasteiger partial charge in [0.2, 0.25) is 5.91 Å². The number of rotatable bonds is 5. The van der Waals surface area contributed by atoms with Crippen molar-refractivity contribution >= 4 is 47.3 Å². The lowest BCUT2D eigenvalue weighted by Gasteiger charge is -2.32. The Bertz CT molecular complexity index is 954. The normalized spacial score (nSPS) is 20.6. The number of hydrogen-bond acceptors (Lipinski definition) is 5. The molecule has 2 unspecified atom stereocenters. The minimum Gasteiger partial charge on any atom is -0.375 e. The summed E-state index contributed by atoms with van der Waals surface area (Å²) in [5.41, 5.74) is 3.19. The molecule has 172 valence electrons. The number of nitrogens with one attached hydrogen (secondary N) is 3. The molecular weight excluding hydrogens is 519 g/mol. The van der Waals surface area contributed by atoms with Crippen molar-refractivity contribution < 1.29 is 9.53 Å². The van der Waals surface area contributed by atoms with Crippen LogP contribution in [0.4, 0.5) is 11.5 Å². The van der Waals surface area contributed by atoms with Gasteiger partial charge in [0.05, 0.1) is 12.7 Å². The van der Waals surface area contributed by atoms with Crippen molar-refractivity contribution in [3.8, 4) is 0 Å². The molecule has 2 atom stereocenters. The number of ether oxygens (including phenoxy) is 1. The Morgan fingerprint density at radius 1 is 1.31 bits per heavy atom. The van der Waals surface area contributed by atoms with Gasteiger partial charge in [0.1, 0.15) is 5.82 Å². The number of pyridine rings is 1. The molecule has 2 aliphatic rings. The summed E-state index contributed by atoms with van der Waals surface area (Å²) in [6, 6.07) is 12.1. The summed E-state index contributed by atoms with van der Waals surface area (Å²) in [5, 5.41) is 9.68. The molecule has 1 aromatic heterocycles. The van der Waals surface area contributed by atoms with E-state index in [0.717, 1.165) is 42.3 Å². The van der Waals surface area contributed by atoms with Crippen molar-refractivity contribution in [3.05, 3.63) is 53.7 Å². The van der Waals surface area contributed by atoms with Crippen molar-refractivity contribution in [3.63, 3.8) is 0 Å². The van der Waals surface area contributed by atoms with Crippen LogP contribution in [0.3, 0.4) is 0 Å². The van der Waals surface area contributed by atoms with E-state index in [9.17, 15) is 4.79 Å². The number of morpholine rings is 1. The number of benzene rings is 1. The number of halogens is 1. The Hall–Kier alpha value is -2.40. The van der Waals surface area contributed by atoms with E-state index in [1.54, 1.807) is 7.05 Å². The van der Waals surface area contributed by atoms with Crippen LogP contribution < -0.4 is 20.9 Å². The molecule has 4 rings (SSSR count). The summed E-state index contributed by atoms with van der Waals surface area (Å²) < 4.78 is 5.63. The molecule has 1 aromatic carbocycles.